The minimum absolute atomic E-state index is 0.561. The van der Waals surface area contributed by atoms with Gasteiger partial charge in [-0.15, -0.1) is 0 Å². The van der Waals surface area contributed by atoms with E-state index in [9.17, 15) is 0 Å². The van der Waals surface area contributed by atoms with Gasteiger partial charge in [0.25, 0.3) is 0 Å². The molecule has 4 N–H and O–H groups in total. The SMILES string of the molecule is Nc1cccc(-n2cccn2)c1N. The minimum Gasteiger partial charge on any atom is -0.397 e. The highest BCUT2D eigenvalue weighted by atomic mass is 15.3. The average Bonchev–Trinajstić information content (AvgIpc) is 2.62. The Hall–Kier alpha value is -1.97. The monoisotopic (exact) mass is 174 g/mol. The lowest BCUT2D eigenvalue weighted by molar-refractivity contribution is 0.883. The number of nitrogens with zero attached hydrogens (tertiary/aromatic N) is 2. The molecular weight excluding hydrogens is 164 g/mol. The van der Waals surface area contributed by atoms with Gasteiger partial charge < -0.3 is 11.5 Å². The number of anilines is 2. The molecule has 0 saturated heterocycles. The van der Waals surface area contributed by atoms with Crippen molar-refractivity contribution in [2.24, 2.45) is 0 Å². The van der Waals surface area contributed by atoms with Gasteiger partial charge in [0.15, 0.2) is 0 Å². The summed E-state index contributed by atoms with van der Waals surface area (Å²) < 4.78 is 1.69. The van der Waals surface area contributed by atoms with E-state index >= 15 is 0 Å². The lowest BCUT2D eigenvalue weighted by atomic mass is 10.2. The first-order chi connectivity index (χ1) is 6.29. The Morgan fingerprint density at radius 2 is 2.00 bits per heavy atom. The summed E-state index contributed by atoms with van der Waals surface area (Å²) in [5.74, 6) is 0. The Balaban J connectivity index is 2.59. The smallest absolute Gasteiger partial charge is 0.0896 e. The first-order valence-electron chi connectivity index (χ1n) is 3.93. The fraction of sp³-hybridized carbons (Fsp3) is 0. The topological polar surface area (TPSA) is 69.9 Å². The quantitative estimate of drug-likeness (QED) is 0.634. The third kappa shape index (κ3) is 1.22. The van der Waals surface area contributed by atoms with Crippen molar-refractivity contribution in [3.05, 3.63) is 36.7 Å². The number of para-hydroxylation sites is 1. The number of nitrogens with two attached hydrogens (primary N) is 2. The van der Waals surface area contributed by atoms with Crippen LogP contribution in [0.4, 0.5) is 11.4 Å². The van der Waals surface area contributed by atoms with E-state index in [1.54, 1.807) is 16.9 Å². The summed E-state index contributed by atoms with van der Waals surface area (Å²) in [6.07, 6.45) is 3.52. The molecule has 2 aromatic rings. The van der Waals surface area contributed by atoms with Crippen molar-refractivity contribution in [3.63, 3.8) is 0 Å². The van der Waals surface area contributed by atoms with Crippen LogP contribution in [0.2, 0.25) is 0 Å². The highest BCUT2D eigenvalue weighted by Gasteiger charge is 2.03. The van der Waals surface area contributed by atoms with Crippen molar-refractivity contribution in [3.8, 4) is 5.69 Å². The van der Waals surface area contributed by atoms with Crippen LogP contribution in [-0.2, 0) is 0 Å². The van der Waals surface area contributed by atoms with Crippen molar-refractivity contribution < 1.29 is 0 Å². The molecule has 0 radical (unpaired) electrons. The summed E-state index contributed by atoms with van der Waals surface area (Å²) in [5, 5.41) is 4.07. The molecule has 1 aromatic carbocycles. The van der Waals surface area contributed by atoms with E-state index in [0.29, 0.717) is 11.4 Å². The summed E-state index contributed by atoms with van der Waals surface area (Å²) in [6.45, 7) is 0. The van der Waals surface area contributed by atoms with Crippen molar-refractivity contribution in [2.75, 3.05) is 11.5 Å². The number of hydrogen-bond acceptors (Lipinski definition) is 3. The van der Waals surface area contributed by atoms with E-state index in [1.807, 2.05) is 24.4 Å². The van der Waals surface area contributed by atoms with E-state index in [1.165, 1.54) is 0 Å². The van der Waals surface area contributed by atoms with E-state index in [4.69, 9.17) is 11.5 Å². The van der Waals surface area contributed by atoms with Gasteiger partial charge in [-0.05, 0) is 18.2 Å². The molecular formula is C9H10N4. The van der Waals surface area contributed by atoms with E-state index in [0.717, 1.165) is 5.69 Å². The molecule has 13 heavy (non-hydrogen) atoms. The standard InChI is InChI=1S/C9H10N4/c10-7-3-1-4-8(9(7)11)13-6-2-5-12-13/h1-6H,10-11H2. The van der Waals surface area contributed by atoms with Gasteiger partial charge in [-0.25, -0.2) is 4.68 Å². The molecule has 1 heterocycles. The number of hydrogen-bond donors (Lipinski definition) is 2. The summed E-state index contributed by atoms with van der Waals surface area (Å²) in [4.78, 5) is 0. The summed E-state index contributed by atoms with van der Waals surface area (Å²) in [6, 6.07) is 7.33. The number of nitrogen functional groups attached to an aromatic ring is 2. The zero-order valence-corrected chi connectivity index (χ0v) is 7.01. The average molecular weight is 174 g/mol. The van der Waals surface area contributed by atoms with Gasteiger partial charge in [-0.1, -0.05) is 6.07 Å². The Labute approximate surface area is 75.8 Å². The molecule has 4 nitrogen and oxygen atoms in total. The van der Waals surface area contributed by atoms with Crippen molar-refractivity contribution in [2.45, 2.75) is 0 Å². The number of aromatic nitrogens is 2. The molecule has 0 fully saturated rings. The van der Waals surface area contributed by atoms with Crippen LogP contribution < -0.4 is 11.5 Å². The Bertz CT molecular complexity index is 406. The van der Waals surface area contributed by atoms with Crippen LogP contribution in [0.5, 0.6) is 0 Å². The van der Waals surface area contributed by atoms with Crippen LogP contribution >= 0.6 is 0 Å². The summed E-state index contributed by atoms with van der Waals surface area (Å²) in [7, 11) is 0. The zero-order chi connectivity index (χ0) is 9.26. The maximum atomic E-state index is 5.79. The molecule has 1 aromatic heterocycles. The van der Waals surface area contributed by atoms with Crippen LogP contribution in [0.3, 0.4) is 0 Å². The van der Waals surface area contributed by atoms with Gasteiger partial charge in [-0.3, -0.25) is 0 Å². The van der Waals surface area contributed by atoms with Crippen molar-refractivity contribution in [1.82, 2.24) is 9.78 Å². The third-order valence-electron chi connectivity index (χ3n) is 1.87. The first-order valence-corrected chi connectivity index (χ1v) is 3.93. The van der Waals surface area contributed by atoms with Crippen molar-refractivity contribution >= 4 is 11.4 Å². The van der Waals surface area contributed by atoms with Crippen LogP contribution in [0.25, 0.3) is 5.69 Å². The molecule has 0 amide bonds. The van der Waals surface area contributed by atoms with Gasteiger partial charge in [0, 0.05) is 12.4 Å². The normalized spacial score (nSPS) is 10.2. The Morgan fingerprint density at radius 3 is 2.69 bits per heavy atom. The number of rotatable bonds is 1. The third-order valence-corrected chi connectivity index (χ3v) is 1.87. The van der Waals surface area contributed by atoms with Crippen LogP contribution in [0, 0.1) is 0 Å². The highest BCUT2D eigenvalue weighted by molar-refractivity contribution is 5.73. The molecule has 4 heteroatoms. The molecule has 66 valence electrons. The highest BCUT2D eigenvalue weighted by Crippen LogP contribution is 2.22. The molecule has 0 aliphatic rings. The lowest BCUT2D eigenvalue weighted by Crippen LogP contribution is -2.02. The van der Waals surface area contributed by atoms with Crippen molar-refractivity contribution in [1.29, 1.82) is 0 Å². The second-order valence-corrected chi connectivity index (χ2v) is 2.73. The molecule has 0 spiro atoms. The summed E-state index contributed by atoms with van der Waals surface area (Å²) in [5.41, 5.74) is 13.4. The second-order valence-electron chi connectivity index (χ2n) is 2.73. The van der Waals surface area contributed by atoms with Crippen LogP contribution in [0.15, 0.2) is 36.7 Å². The Kier molecular flexibility index (Phi) is 1.66. The summed E-state index contributed by atoms with van der Waals surface area (Å²) >= 11 is 0. The molecule has 0 aliphatic carbocycles. The molecule has 0 saturated carbocycles. The van der Waals surface area contributed by atoms with Gasteiger partial charge in [0.05, 0.1) is 17.1 Å². The maximum absolute atomic E-state index is 5.79. The largest absolute Gasteiger partial charge is 0.397 e. The molecule has 0 unspecified atom stereocenters. The molecule has 0 atom stereocenters. The van der Waals surface area contributed by atoms with E-state index in [-0.39, 0.29) is 0 Å². The van der Waals surface area contributed by atoms with Crippen LogP contribution in [-0.4, -0.2) is 9.78 Å². The maximum Gasteiger partial charge on any atom is 0.0896 e. The van der Waals surface area contributed by atoms with Crippen LogP contribution in [0.1, 0.15) is 0 Å². The number of benzene rings is 1. The second kappa shape index (κ2) is 2.82. The van der Waals surface area contributed by atoms with Gasteiger partial charge in [0.1, 0.15) is 0 Å². The van der Waals surface area contributed by atoms with E-state index in [2.05, 4.69) is 5.10 Å². The lowest BCUT2D eigenvalue weighted by Gasteiger charge is -2.06. The van der Waals surface area contributed by atoms with Gasteiger partial charge in [-0.2, -0.15) is 5.10 Å². The van der Waals surface area contributed by atoms with Gasteiger partial charge in [0.2, 0.25) is 0 Å². The Morgan fingerprint density at radius 1 is 1.15 bits per heavy atom. The first kappa shape index (κ1) is 7.67. The minimum atomic E-state index is 0.561. The predicted octanol–water partition coefficient (Wildman–Crippen LogP) is 1.04. The molecule has 2 rings (SSSR count). The molecule has 0 aliphatic heterocycles. The van der Waals surface area contributed by atoms with Gasteiger partial charge >= 0.3 is 0 Å². The fourth-order valence-corrected chi connectivity index (χ4v) is 1.18. The zero-order valence-electron chi connectivity index (χ0n) is 7.01. The fourth-order valence-electron chi connectivity index (χ4n) is 1.18. The molecule has 0 bridgehead atoms. The van der Waals surface area contributed by atoms with E-state index < -0.39 is 0 Å². The predicted molar refractivity (Wildman–Crippen MR) is 52.4 cm³/mol.